The summed E-state index contributed by atoms with van der Waals surface area (Å²) in [4.78, 5) is 11.6. The van der Waals surface area contributed by atoms with Gasteiger partial charge in [-0.15, -0.1) is 0 Å². The Morgan fingerprint density at radius 1 is 1.35 bits per heavy atom. The van der Waals surface area contributed by atoms with E-state index in [9.17, 15) is 9.18 Å². The molecule has 0 aliphatic carbocycles. The molecule has 94 valence electrons. The number of hydrogen-bond acceptors (Lipinski definition) is 1. The monoisotopic (exact) mass is 237 g/mol. The minimum Gasteiger partial charge on any atom is -0.355 e. The molecule has 0 saturated heterocycles. The Bertz CT molecular complexity index is 407. The zero-order chi connectivity index (χ0) is 13.1. The van der Waals surface area contributed by atoms with Crippen molar-refractivity contribution in [2.45, 2.75) is 34.1 Å². The second-order valence-corrected chi connectivity index (χ2v) is 5.33. The molecule has 3 heteroatoms. The van der Waals surface area contributed by atoms with Gasteiger partial charge in [0.2, 0.25) is 5.91 Å². The van der Waals surface area contributed by atoms with Gasteiger partial charge in [-0.1, -0.05) is 26.8 Å². The first-order valence-corrected chi connectivity index (χ1v) is 5.84. The summed E-state index contributed by atoms with van der Waals surface area (Å²) >= 11 is 0. The van der Waals surface area contributed by atoms with Crippen LogP contribution in [0.3, 0.4) is 0 Å². The number of nitrogens with one attached hydrogen (secondary N) is 1. The van der Waals surface area contributed by atoms with E-state index in [2.05, 4.69) is 5.32 Å². The molecular weight excluding hydrogens is 217 g/mol. The molecular formula is C14H20FNO. The van der Waals surface area contributed by atoms with Gasteiger partial charge in [0.15, 0.2) is 0 Å². The van der Waals surface area contributed by atoms with Gasteiger partial charge in [-0.2, -0.15) is 0 Å². The number of aryl methyl sites for hydroxylation is 1. The molecule has 1 rings (SSSR count). The number of benzene rings is 1. The first kappa shape index (κ1) is 13.7. The summed E-state index contributed by atoms with van der Waals surface area (Å²) in [5.74, 6) is -0.178. The molecule has 0 heterocycles. The lowest BCUT2D eigenvalue weighted by Gasteiger charge is -2.17. The molecule has 0 aromatic heterocycles. The molecule has 0 saturated carbocycles. The van der Waals surface area contributed by atoms with Gasteiger partial charge in [0, 0.05) is 12.0 Å². The van der Waals surface area contributed by atoms with Crippen molar-refractivity contribution in [3.8, 4) is 0 Å². The summed E-state index contributed by atoms with van der Waals surface area (Å²) in [6.07, 6.45) is 0.730. The maximum absolute atomic E-state index is 12.9. The van der Waals surface area contributed by atoms with E-state index in [4.69, 9.17) is 0 Å². The summed E-state index contributed by atoms with van der Waals surface area (Å²) in [6, 6.07) is 4.74. The zero-order valence-electron chi connectivity index (χ0n) is 10.9. The molecule has 0 bridgehead atoms. The third-order valence-corrected chi connectivity index (χ3v) is 2.67. The second-order valence-electron chi connectivity index (χ2n) is 5.33. The van der Waals surface area contributed by atoms with Crippen molar-refractivity contribution in [1.29, 1.82) is 0 Å². The molecule has 17 heavy (non-hydrogen) atoms. The molecule has 1 aromatic rings. The molecule has 0 aliphatic heterocycles. The highest BCUT2D eigenvalue weighted by atomic mass is 19.1. The lowest BCUT2D eigenvalue weighted by molar-refractivity contribution is -0.128. The molecule has 0 unspecified atom stereocenters. The fourth-order valence-corrected chi connectivity index (χ4v) is 1.52. The van der Waals surface area contributed by atoms with Gasteiger partial charge >= 0.3 is 0 Å². The number of hydrogen-bond donors (Lipinski definition) is 1. The number of rotatable bonds is 3. The maximum atomic E-state index is 12.9. The van der Waals surface area contributed by atoms with Gasteiger partial charge in [-0.3, -0.25) is 4.79 Å². The third kappa shape index (κ3) is 4.17. The van der Waals surface area contributed by atoms with Crippen LogP contribution in [0.15, 0.2) is 18.2 Å². The normalized spacial score (nSPS) is 11.4. The van der Waals surface area contributed by atoms with Crippen molar-refractivity contribution >= 4 is 5.91 Å². The number of carbonyl (C=O) groups is 1. The second kappa shape index (κ2) is 5.30. The van der Waals surface area contributed by atoms with Gasteiger partial charge in [0.25, 0.3) is 0 Å². The topological polar surface area (TPSA) is 29.1 Å². The third-order valence-electron chi connectivity index (χ3n) is 2.67. The lowest BCUT2D eigenvalue weighted by Crippen LogP contribution is -2.36. The number of carbonyl (C=O) groups excluding carboxylic acids is 1. The van der Waals surface area contributed by atoms with Gasteiger partial charge in [-0.25, -0.2) is 4.39 Å². The van der Waals surface area contributed by atoms with Gasteiger partial charge in [-0.05, 0) is 36.6 Å². The standard InChI is InChI=1S/C14H20FNO/c1-10-9-12(15)6-5-11(10)7-8-16-13(17)14(2,3)4/h5-6,9H,7-8H2,1-4H3,(H,16,17). The Hall–Kier alpha value is -1.38. The summed E-state index contributed by atoms with van der Waals surface area (Å²) < 4.78 is 12.9. The highest BCUT2D eigenvalue weighted by Gasteiger charge is 2.20. The average Bonchev–Trinajstić information content (AvgIpc) is 2.19. The Balaban J connectivity index is 2.49. The molecule has 1 aromatic carbocycles. The van der Waals surface area contributed by atoms with Crippen LogP contribution in [-0.2, 0) is 11.2 Å². The summed E-state index contributed by atoms with van der Waals surface area (Å²) in [5, 5.41) is 2.88. The van der Waals surface area contributed by atoms with Gasteiger partial charge < -0.3 is 5.32 Å². The van der Waals surface area contributed by atoms with Gasteiger partial charge in [0.1, 0.15) is 5.82 Å². The van der Waals surface area contributed by atoms with E-state index in [0.29, 0.717) is 6.54 Å². The van der Waals surface area contributed by atoms with Crippen molar-refractivity contribution in [3.63, 3.8) is 0 Å². The quantitative estimate of drug-likeness (QED) is 0.860. The number of amides is 1. The molecule has 0 fully saturated rings. The van der Waals surface area contributed by atoms with Crippen LogP contribution in [0, 0.1) is 18.2 Å². The summed E-state index contributed by atoms with van der Waals surface area (Å²) in [7, 11) is 0. The summed E-state index contributed by atoms with van der Waals surface area (Å²) in [5.41, 5.74) is 1.63. The van der Waals surface area contributed by atoms with Crippen LogP contribution in [0.2, 0.25) is 0 Å². The first-order valence-electron chi connectivity index (χ1n) is 5.84. The Morgan fingerprint density at radius 3 is 2.53 bits per heavy atom. The number of halogens is 1. The average molecular weight is 237 g/mol. The maximum Gasteiger partial charge on any atom is 0.225 e. The summed E-state index contributed by atoms with van der Waals surface area (Å²) in [6.45, 7) is 8.11. The van der Waals surface area contributed by atoms with Crippen LogP contribution >= 0.6 is 0 Å². The van der Waals surface area contributed by atoms with Crippen molar-refractivity contribution in [2.75, 3.05) is 6.54 Å². The van der Waals surface area contributed by atoms with E-state index in [1.807, 2.05) is 27.7 Å². The highest BCUT2D eigenvalue weighted by Crippen LogP contribution is 2.13. The minimum absolute atomic E-state index is 0.0391. The fraction of sp³-hybridized carbons (Fsp3) is 0.500. The van der Waals surface area contributed by atoms with E-state index in [0.717, 1.165) is 17.5 Å². The molecule has 2 nitrogen and oxygen atoms in total. The van der Waals surface area contributed by atoms with Gasteiger partial charge in [0.05, 0.1) is 0 Å². The van der Waals surface area contributed by atoms with Crippen LogP contribution in [0.5, 0.6) is 0 Å². The largest absolute Gasteiger partial charge is 0.355 e. The van der Waals surface area contributed by atoms with Crippen LogP contribution in [0.4, 0.5) is 4.39 Å². The van der Waals surface area contributed by atoms with Crippen molar-refractivity contribution in [1.82, 2.24) is 5.32 Å². The minimum atomic E-state index is -0.363. The Kier molecular flexibility index (Phi) is 4.27. The molecule has 1 amide bonds. The molecule has 0 atom stereocenters. The van der Waals surface area contributed by atoms with E-state index in [1.54, 1.807) is 6.07 Å². The highest BCUT2D eigenvalue weighted by molar-refractivity contribution is 5.81. The molecule has 1 N–H and O–H groups in total. The molecule has 0 spiro atoms. The van der Waals surface area contributed by atoms with E-state index in [1.165, 1.54) is 12.1 Å². The predicted molar refractivity (Wildman–Crippen MR) is 67.3 cm³/mol. The molecule has 0 radical (unpaired) electrons. The smallest absolute Gasteiger partial charge is 0.225 e. The fourth-order valence-electron chi connectivity index (χ4n) is 1.52. The zero-order valence-corrected chi connectivity index (χ0v) is 10.9. The van der Waals surface area contributed by atoms with Crippen LogP contribution in [0.1, 0.15) is 31.9 Å². The van der Waals surface area contributed by atoms with Crippen molar-refractivity contribution in [3.05, 3.63) is 35.1 Å². The van der Waals surface area contributed by atoms with E-state index < -0.39 is 0 Å². The van der Waals surface area contributed by atoms with E-state index in [-0.39, 0.29) is 17.1 Å². The molecule has 0 aliphatic rings. The lowest BCUT2D eigenvalue weighted by atomic mass is 9.95. The van der Waals surface area contributed by atoms with E-state index >= 15 is 0 Å². The van der Waals surface area contributed by atoms with Crippen LogP contribution in [-0.4, -0.2) is 12.5 Å². The first-order chi connectivity index (χ1) is 7.80. The van der Waals surface area contributed by atoms with Crippen molar-refractivity contribution in [2.24, 2.45) is 5.41 Å². The SMILES string of the molecule is Cc1cc(F)ccc1CCNC(=O)C(C)(C)C. The van der Waals surface area contributed by atoms with Crippen molar-refractivity contribution < 1.29 is 9.18 Å². The Labute approximate surface area is 102 Å². The predicted octanol–water partition coefficient (Wildman–Crippen LogP) is 2.84. The Morgan fingerprint density at radius 2 is 2.00 bits per heavy atom. The van der Waals surface area contributed by atoms with Crippen LogP contribution in [0.25, 0.3) is 0 Å². The van der Waals surface area contributed by atoms with Crippen LogP contribution < -0.4 is 5.32 Å².